The zero-order valence-corrected chi connectivity index (χ0v) is 10.2. The minimum absolute atomic E-state index is 0.279. The Morgan fingerprint density at radius 2 is 1.94 bits per heavy atom. The first-order chi connectivity index (χ1) is 8.65. The van der Waals surface area contributed by atoms with E-state index in [1.54, 1.807) is 25.2 Å². The van der Waals surface area contributed by atoms with Gasteiger partial charge in [0.25, 0.3) is 0 Å². The van der Waals surface area contributed by atoms with Crippen LogP contribution in [0.15, 0.2) is 30.3 Å². The Labute approximate surface area is 105 Å². The van der Waals surface area contributed by atoms with Crippen LogP contribution in [0.1, 0.15) is 11.1 Å². The summed E-state index contributed by atoms with van der Waals surface area (Å²) in [5.74, 6) is 0.251. The lowest BCUT2D eigenvalue weighted by atomic mass is 10.0. The molecule has 0 aliphatic carbocycles. The fourth-order valence-electron chi connectivity index (χ4n) is 1.79. The molecule has 0 fully saturated rings. The molecule has 4 heteroatoms. The van der Waals surface area contributed by atoms with Gasteiger partial charge in [-0.3, -0.25) is 0 Å². The number of anilines is 1. The van der Waals surface area contributed by atoms with Crippen LogP contribution in [0.25, 0.3) is 11.3 Å². The molecule has 1 aromatic carbocycles. The molecule has 90 valence electrons. The number of aromatic nitrogens is 1. The van der Waals surface area contributed by atoms with E-state index < -0.39 is 0 Å². The molecule has 0 aliphatic rings. The third-order valence-corrected chi connectivity index (χ3v) is 2.69. The van der Waals surface area contributed by atoms with Gasteiger partial charge in [-0.15, -0.1) is 0 Å². The molecule has 2 aromatic rings. The van der Waals surface area contributed by atoms with E-state index >= 15 is 0 Å². The first-order valence-electron chi connectivity index (χ1n) is 5.51. The molecule has 2 rings (SSSR count). The van der Waals surface area contributed by atoms with Crippen molar-refractivity contribution in [3.8, 4) is 17.3 Å². The average Bonchev–Trinajstić information content (AvgIpc) is 2.39. The summed E-state index contributed by atoms with van der Waals surface area (Å²) in [4.78, 5) is 4.41. The van der Waals surface area contributed by atoms with E-state index in [-0.39, 0.29) is 5.82 Å². The van der Waals surface area contributed by atoms with E-state index in [9.17, 15) is 4.39 Å². The Kier molecular flexibility index (Phi) is 3.24. The summed E-state index contributed by atoms with van der Waals surface area (Å²) in [6.07, 6.45) is 0. The molecule has 0 saturated carbocycles. The minimum Gasteiger partial charge on any atom is -0.372 e. The van der Waals surface area contributed by atoms with Crippen LogP contribution in [0.5, 0.6) is 0 Å². The molecule has 1 heterocycles. The molecule has 0 atom stereocenters. The SMILES string of the molecule is CNc1nc(-c2ccc(F)cc2)c(C)cc1C#N. The van der Waals surface area contributed by atoms with Gasteiger partial charge in [-0.2, -0.15) is 5.26 Å². The zero-order chi connectivity index (χ0) is 13.1. The largest absolute Gasteiger partial charge is 0.372 e. The van der Waals surface area contributed by atoms with Crippen molar-refractivity contribution >= 4 is 5.82 Å². The Hall–Kier alpha value is -2.41. The second-order valence-corrected chi connectivity index (χ2v) is 3.92. The second-order valence-electron chi connectivity index (χ2n) is 3.92. The normalized spacial score (nSPS) is 9.89. The number of halogens is 1. The number of nitrogens with zero attached hydrogens (tertiary/aromatic N) is 2. The fraction of sp³-hybridized carbons (Fsp3) is 0.143. The number of nitrogens with one attached hydrogen (secondary N) is 1. The van der Waals surface area contributed by atoms with Crippen LogP contribution in [0.2, 0.25) is 0 Å². The first kappa shape index (κ1) is 12.1. The van der Waals surface area contributed by atoms with Crippen molar-refractivity contribution in [1.29, 1.82) is 5.26 Å². The third kappa shape index (κ3) is 2.16. The summed E-state index contributed by atoms with van der Waals surface area (Å²) >= 11 is 0. The summed E-state index contributed by atoms with van der Waals surface area (Å²) in [7, 11) is 1.72. The van der Waals surface area contributed by atoms with E-state index in [2.05, 4.69) is 16.4 Å². The third-order valence-electron chi connectivity index (χ3n) is 2.69. The predicted octanol–water partition coefficient (Wildman–Crippen LogP) is 3.11. The molecular weight excluding hydrogens is 229 g/mol. The highest BCUT2D eigenvalue weighted by Crippen LogP contribution is 2.25. The molecule has 0 unspecified atom stereocenters. The number of aryl methyl sites for hydroxylation is 1. The van der Waals surface area contributed by atoms with E-state index in [0.717, 1.165) is 16.8 Å². The second kappa shape index (κ2) is 4.84. The number of hydrogen-bond donors (Lipinski definition) is 1. The lowest BCUT2D eigenvalue weighted by molar-refractivity contribution is 0.628. The number of nitriles is 1. The van der Waals surface area contributed by atoms with Crippen molar-refractivity contribution in [3.05, 3.63) is 47.3 Å². The fourth-order valence-corrected chi connectivity index (χ4v) is 1.79. The maximum absolute atomic E-state index is 12.9. The van der Waals surface area contributed by atoms with Gasteiger partial charge in [0.15, 0.2) is 0 Å². The van der Waals surface area contributed by atoms with Gasteiger partial charge in [-0.25, -0.2) is 9.37 Å². The van der Waals surface area contributed by atoms with Gasteiger partial charge in [-0.05, 0) is 42.8 Å². The molecule has 1 N–H and O–H groups in total. The Bertz CT molecular complexity index is 612. The molecule has 0 amide bonds. The van der Waals surface area contributed by atoms with E-state index in [0.29, 0.717) is 11.4 Å². The highest BCUT2D eigenvalue weighted by atomic mass is 19.1. The van der Waals surface area contributed by atoms with Crippen LogP contribution >= 0.6 is 0 Å². The van der Waals surface area contributed by atoms with E-state index in [1.165, 1.54) is 12.1 Å². The van der Waals surface area contributed by atoms with Gasteiger partial charge in [0, 0.05) is 12.6 Å². The van der Waals surface area contributed by atoms with Crippen molar-refractivity contribution < 1.29 is 4.39 Å². The Balaban J connectivity index is 2.58. The van der Waals surface area contributed by atoms with Gasteiger partial charge < -0.3 is 5.32 Å². The first-order valence-corrected chi connectivity index (χ1v) is 5.51. The molecule has 0 saturated heterocycles. The summed E-state index contributed by atoms with van der Waals surface area (Å²) in [5.41, 5.74) is 2.96. The number of rotatable bonds is 2. The summed E-state index contributed by atoms with van der Waals surface area (Å²) in [6.45, 7) is 1.88. The van der Waals surface area contributed by atoms with E-state index in [4.69, 9.17) is 5.26 Å². The lowest BCUT2D eigenvalue weighted by Gasteiger charge is -2.09. The summed E-state index contributed by atoms with van der Waals surface area (Å²) in [6, 6.07) is 10.0. The van der Waals surface area contributed by atoms with Gasteiger partial charge in [-0.1, -0.05) is 0 Å². The number of hydrogen-bond acceptors (Lipinski definition) is 3. The monoisotopic (exact) mass is 241 g/mol. The number of benzene rings is 1. The predicted molar refractivity (Wildman–Crippen MR) is 68.6 cm³/mol. The van der Waals surface area contributed by atoms with E-state index in [1.807, 2.05) is 6.92 Å². The van der Waals surface area contributed by atoms with Crippen LogP contribution in [0.3, 0.4) is 0 Å². The summed E-state index contributed by atoms with van der Waals surface area (Å²) < 4.78 is 12.9. The van der Waals surface area contributed by atoms with Gasteiger partial charge in [0.1, 0.15) is 17.7 Å². The van der Waals surface area contributed by atoms with Crippen molar-refractivity contribution in [1.82, 2.24) is 4.98 Å². The van der Waals surface area contributed by atoms with Gasteiger partial charge in [0.05, 0.1) is 11.3 Å². The maximum Gasteiger partial charge on any atom is 0.144 e. The van der Waals surface area contributed by atoms with Crippen LogP contribution in [0.4, 0.5) is 10.2 Å². The zero-order valence-electron chi connectivity index (χ0n) is 10.2. The molecule has 0 bridgehead atoms. The topological polar surface area (TPSA) is 48.7 Å². The molecular formula is C14H12FN3. The van der Waals surface area contributed by atoms with Crippen molar-refractivity contribution in [2.24, 2.45) is 0 Å². The van der Waals surface area contributed by atoms with Crippen LogP contribution in [-0.2, 0) is 0 Å². The molecule has 18 heavy (non-hydrogen) atoms. The molecule has 3 nitrogen and oxygen atoms in total. The van der Waals surface area contributed by atoms with Gasteiger partial charge >= 0.3 is 0 Å². The minimum atomic E-state index is -0.279. The molecule has 1 aromatic heterocycles. The maximum atomic E-state index is 12.9. The quantitative estimate of drug-likeness (QED) is 0.878. The van der Waals surface area contributed by atoms with Crippen molar-refractivity contribution in [2.75, 3.05) is 12.4 Å². The molecule has 0 radical (unpaired) electrons. The van der Waals surface area contributed by atoms with Crippen molar-refractivity contribution in [3.63, 3.8) is 0 Å². The van der Waals surface area contributed by atoms with Crippen LogP contribution in [-0.4, -0.2) is 12.0 Å². The van der Waals surface area contributed by atoms with Crippen molar-refractivity contribution in [2.45, 2.75) is 6.92 Å². The molecule has 0 spiro atoms. The van der Waals surface area contributed by atoms with Gasteiger partial charge in [0.2, 0.25) is 0 Å². The lowest BCUT2D eigenvalue weighted by Crippen LogP contribution is -2.00. The highest BCUT2D eigenvalue weighted by molar-refractivity contribution is 5.68. The standard InChI is InChI=1S/C14H12FN3/c1-9-7-11(8-16)14(17-2)18-13(9)10-3-5-12(15)6-4-10/h3-7H,1-2H3,(H,17,18). The number of pyridine rings is 1. The Morgan fingerprint density at radius 1 is 1.28 bits per heavy atom. The molecule has 0 aliphatic heterocycles. The van der Waals surface area contributed by atoms with Crippen LogP contribution in [0, 0.1) is 24.1 Å². The van der Waals surface area contributed by atoms with Crippen LogP contribution < -0.4 is 5.32 Å². The average molecular weight is 241 g/mol. The summed E-state index contributed by atoms with van der Waals surface area (Å²) in [5, 5.41) is 11.9. The Morgan fingerprint density at radius 3 is 2.50 bits per heavy atom. The smallest absolute Gasteiger partial charge is 0.144 e. The highest BCUT2D eigenvalue weighted by Gasteiger charge is 2.09.